The number of phenolic OH excluding ortho intramolecular Hbond substituents is 1. The van der Waals surface area contributed by atoms with Crippen molar-refractivity contribution < 1.29 is 5.11 Å². The van der Waals surface area contributed by atoms with Crippen molar-refractivity contribution in [2.75, 3.05) is 13.1 Å². The molecule has 0 heterocycles. The summed E-state index contributed by atoms with van der Waals surface area (Å²) in [5.74, 6) is 0.322. The van der Waals surface area contributed by atoms with Gasteiger partial charge in [-0.2, -0.15) is 0 Å². The molecule has 0 saturated heterocycles. The van der Waals surface area contributed by atoms with Gasteiger partial charge in [-0.05, 0) is 50.6 Å². The zero-order valence-electron chi connectivity index (χ0n) is 9.24. The van der Waals surface area contributed by atoms with Crippen LogP contribution in [0.4, 0.5) is 0 Å². The molecule has 0 spiro atoms. The van der Waals surface area contributed by atoms with Crippen LogP contribution in [0.1, 0.15) is 31.4 Å². The highest BCUT2D eigenvalue weighted by atomic mass is 16.3. The summed E-state index contributed by atoms with van der Waals surface area (Å²) in [7, 11) is 0. The monoisotopic (exact) mass is 208 g/mol. The first-order valence-corrected chi connectivity index (χ1v) is 5.46. The third-order valence-corrected chi connectivity index (χ3v) is 2.45. The summed E-state index contributed by atoms with van der Waals surface area (Å²) in [6, 6.07) is 7.63. The summed E-state index contributed by atoms with van der Waals surface area (Å²) >= 11 is 0. The fraction of sp³-hybridized carbons (Fsp3) is 0.500. The van der Waals surface area contributed by atoms with Crippen LogP contribution in [-0.2, 0) is 0 Å². The van der Waals surface area contributed by atoms with E-state index < -0.39 is 0 Å². The Bertz CT molecular complexity index is 289. The minimum atomic E-state index is 0.273. The summed E-state index contributed by atoms with van der Waals surface area (Å²) in [5.41, 5.74) is 6.53. The zero-order valence-corrected chi connectivity index (χ0v) is 9.24. The molecule has 1 aromatic rings. The Morgan fingerprint density at radius 2 is 2.20 bits per heavy atom. The SMILES string of the molecule is CC(NCCCCN)c1cccc(O)c1. The molecule has 1 aromatic carbocycles. The van der Waals surface area contributed by atoms with Gasteiger partial charge in [-0.3, -0.25) is 0 Å². The van der Waals surface area contributed by atoms with Crippen LogP contribution in [-0.4, -0.2) is 18.2 Å². The van der Waals surface area contributed by atoms with Crippen molar-refractivity contribution in [3.8, 4) is 5.75 Å². The molecule has 0 aliphatic carbocycles. The average molecular weight is 208 g/mol. The molecule has 0 amide bonds. The lowest BCUT2D eigenvalue weighted by Gasteiger charge is -2.14. The van der Waals surface area contributed by atoms with Crippen molar-refractivity contribution in [1.82, 2.24) is 5.32 Å². The second-order valence-electron chi connectivity index (χ2n) is 3.77. The molecule has 15 heavy (non-hydrogen) atoms. The predicted molar refractivity (Wildman–Crippen MR) is 62.8 cm³/mol. The standard InChI is InChI=1S/C12H20N2O/c1-10(14-8-3-2-7-13)11-5-4-6-12(15)9-11/h4-6,9-10,14-15H,2-3,7-8,13H2,1H3. The van der Waals surface area contributed by atoms with Gasteiger partial charge in [-0.1, -0.05) is 12.1 Å². The van der Waals surface area contributed by atoms with Crippen LogP contribution in [0.3, 0.4) is 0 Å². The molecule has 0 saturated carbocycles. The Balaban J connectivity index is 2.36. The minimum absolute atomic E-state index is 0.273. The first-order valence-electron chi connectivity index (χ1n) is 5.46. The fourth-order valence-corrected chi connectivity index (χ4v) is 1.50. The van der Waals surface area contributed by atoms with Crippen LogP contribution >= 0.6 is 0 Å². The van der Waals surface area contributed by atoms with Crippen molar-refractivity contribution in [2.45, 2.75) is 25.8 Å². The van der Waals surface area contributed by atoms with E-state index in [1.54, 1.807) is 12.1 Å². The quantitative estimate of drug-likeness (QED) is 0.625. The molecule has 0 aliphatic rings. The molecular weight excluding hydrogens is 188 g/mol. The van der Waals surface area contributed by atoms with Gasteiger partial charge in [0.15, 0.2) is 0 Å². The molecule has 0 fully saturated rings. The van der Waals surface area contributed by atoms with Crippen LogP contribution in [0.2, 0.25) is 0 Å². The molecule has 0 radical (unpaired) electrons. The third kappa shape index (κ3) is 4.32. The van der Waals surface area contributed by atoms with E-state index >= 15 is 0 Å². The number of rotatable bonds is 6. The Labute approximate surface area is 91.3 Å². The van der Waals surface area contributed by atoms with Gasteiger partial charge in [-0.25, -0.2) is 0 Å². The Morgan fingerprint density at radius 3 is 2.87 bits per heavy atom. The van der Waals surface area contributed by atoms with E-state index in [1.165, 1.54) is 0 Å². The molecule has 0 aliphatic heterocycles. The first kappa shape index (κ1) is 12.0. The first-order chi connectivity index (χ1) is 7.24. The number of nitrogens with one attached hydrogen (secondary N) is 1. The topological polar surface area (TPSA) is 58.3 Å². The van der Waals surface area contributed by atoms with E-state index in [-0.39, 0.29) is 6.04 Å². The maximum Gasteiger partial charge on any atom is 0.115 e. The molecule has 0 aromatic heterocycles. The molecule has 3 nitrogen and oxygen atoms in total. The van der Waals surface area contributed by atoms with Crippen molar-refractivity contribution in [3.05, 3.63) is 29.8 Å². The Kier molecular flexibility index (Phi) is 5.15. The van der Waals surface area contributed by atoms with Crippen molar-refractivity contribution in [1.29, 1.82) is 0 Å². The highest BCUT2D eigenvalue weighted by molar-refractivity contribution is 5.28. The molecule has 0 bridgehead atoms. The van der Waals surface area contributed by atoms with Gasteiger partial charge in [0.25, 0.3) is 0 Å². The summed E-state index contributed by atoms with van der Waals surface area (Å²) in [5, 5.41) is 12.7. The normalized spacial score (nSPS) is 12.7. The van der Waals surface area contributed by atoms with E-state index in [2.05, 4.69) is 12.2 Å². The fourth-order valence-electron chi connectivity index (χ4n) is 1.50. The predicted octanol–water partition coefficient (Wildman–Crippen LogP) is 1.78. The van der Waals surface area contributed by atoms with Gasteiger partial charge < -0.3 is 16.2 Å². The lowest BCUT2D eigenvalue weighted by molar-refractivity contribution is 0.471. The Hall–Kier alpha value is -1.06. The van der Waals surface area contributed by atoms with Gasteiger partial charge in [0.2, 0.25) is 0 Å². The molecule has 1 unspecified atom stereocenters. The number of unbranched alkanes of at least 4 members (excludes halogenated alkanes) is 1. The molecule has 84 valence electrons. The molecular formula is C12H20N2O. The molecule has 4 N–H and O–H groups in total. The largest absolute Gasteiger partial charge is 0.508 e. The van der Waals surface area contributed by atoms with Crippen LogP contribution < -0.4 is 11.1 Å². The highest BCUT2D eigenvalue weighted by Crippen LogP contribution is 2.17. The van der Waals surface area contributed by atoms with E-state index in [0.29, 0.717) is 5.75 Å². The number of benzene rings is 1. The summed E-state index contributed by atoms with van der Waals surface area (Å²) in [6.07, 6.45) is 2.15. The van der Waals surface area contributed by atoms with E-state index in [0.717, 1.165) is 31.5 Å². The van der Waals surface area contributed by atoms with Crippen molar-refractivity contribution in [2.24, 2.45) is 5.73 Å². The number of phenols is 1. The minimum Gasteiger partial charge on any atom is -0.508 e. The second-order valence-corrected chi connectivity index (χ2v) is 3.77. The lowest BCUT2D eigenvalue weighted by Crippen LogP contribution is -2.20. The van der Waals surface area contributed by atoms with Crippen LogP contribution in [0.5, 0.6) is 5.75 Å². The number of hydrogen-bond donors (Lipinski definition) is 3. The van der Waals surface area contributed by atoms with Crippen LogP contribution in [0, 0.1) is 0 Å². The smallest absolute Gasteiger partial charge is 0.115 e. The third-order valence-electron chi connectivity index (χ3n) is 2.45. The lowest BCUT2D eigenvalue weighted by atomic mass is 10.1. The van der Waals surface area contributed by atoms with Crippen LogP contribution in [0.25, 0.3) is 0 Å². The van der Waals surface area contributed by atoms with Gasteiger partial charge in [0.1, 0.15) is 5.75 Å². The summed E-state index contributed by atoms with van der Waals surface area (Å²) in [4.78, 5) is 0. The maximum absolute atomic E-state index is 9.33. The van der Waals surface area contributed by atoms with E-state index in [4.69, 9.17) is 5.73 Å². The zero-order chi connectivity index (χ0) is 11.1. The van der Waals surface area contributed by atoms with Gasteiger partial charge in [0, 0.05) is 6.04 Å². The molecule has 3 heteroatoms. The highest BCUT2D eigenvalue weighted by Gasteiger charge is 2.04. The number of hydrogen-bond acceptors (Lipinski definition) is 3. The summed E-state index contributed by atoms with van der Waals surface area (Å²) < 4.78 is 0. The average Bonchev–Trinajstić information content (AvgIpc) is 2.24. The maximum atomic E-state index is 9.33. The molecule has 1 atom stereocenters. The van der Waals surface area contributed by atoms with E-state index in [1.807, 2.05) is 12.1 Å². The van der Waals surface area contributed by atoms with Crippen molar-refractivity contribution >= 4 is 0 Å². The van der Waals surface area contributed by atoms with Gasteiger partial charge >= 0.3 is 0 Å². The number of aromatic hydroxyl groups is 1. The van der Waals surface area contributed by atoms with Gasteiger partial charge in [-0.15, -0.1) is 0 Å². The van der Waals surface area contributed by atoms with Gasteiger partial charge in [0.05, 0.1) is 0 Å². The number of nitrogens with two attached hydrogens (primary N) is 1. The van der Waals surface area contributed by atoms with Crippen molar-refractivity contribution in [3.63, 3.8) is 0 Å². The Morgan fingerprint density at radius 1 is 1.40 bits per heavy atom. The van der Waals surface area contributed by atoms with Crippen LogP contribution in [0.15, 0.2) is 24.3 Å². The molecule has 1 rings (SSSR count). The second kappa shape index (κ2) is 6.43. The summed E-state index contributed by atoms with van der Waals surface area (Å²) in [6.45, 7) is 3.81. The van der Waals surface area contributed by atoms with E-state index in [9.17, 15) is 5.11 Å².